The van der Waals surface area contributed by atoms with Crippen LogP contribution in [0.4, 0.5) is 0 Å². The van der Waals surface area contributed by atoms with Crippen LogP contribution < -0.4 is 41.9 Å². The molecule has 484 valence electrons. The molecule has 0 fully saturated rings. The van der Waals surface area contributed by atoms with Gasteiger partial charge in [-0.1, -0.05) is 285 Å². The van der Waals surface area contributed by atoms with Gasteiger partial charge in [-0.3, -0.25) is 9.13 Å². The Morgan fingerprint density at radius 1 is 0.291 bits per heavy atom. The average molecular weight is 1370 g/mol. The smallest absolute Gasteiger partial charge is 0.237 e. The molecule has 0 amide bonds. The first kappa shape index (κ1) is 60.0. The minimum atomic E-state index is -3.18. The molecular formula is C91H60N8OSSi2. The zero-order valence-corrected chi connectivity index (χ0v) is 58.4. The molecule has 14 aromatic carbocycles. The number of rotatable bonds is 11. The second-order valence-corrected chi connectivity index (χ2v) is 34.6. The molecule has 0 atom stereocenters. The molecule has 0 bridgehead atoms. The predicted molar refractivity (Wildman–Crippen MR) is 432 cm³/mol. The van der Waals surface area contributed by atoms with E-state index in [0.29, 0.717) is 11.9 Å². The van der Waals surface area contributed by atoms with Gasteiger partial charge in [-0.15, -0.1) is 11.3 Å². The van der Waals surface area contributed by atoms with Crippen molar-refractivity contribution in [3.8, 4) is 17.6 Å². The summed E-state index contributed by atoms with van der Waals surface area (Å²) in [4.78, 5) is 26.2. The molecule has 21 aromatic rings. The van der Waals surface area contributed by atoms with E-state index in [1.165, 1.54) is 73.3 Å². The summed E-state index contributed by atoms with van der Waals surface area (Å²) in [6.07, 6.45) is 3.65. The Kier molecular flexibility index (Phi) is 14.2. The highest BCUT2D eigenvalue weighted by atomic mass is 32.1. The van der Waals surface area contributed by atoms with Crippen molar-refractivity contribution in [2.75, 3.05) is 0 Å². The zero-order chi connectivity index (χ0) is 68.0. The monoisotopic (exact) mass is 1370 g/mol. The lowest BCUT2D eigenvalue weighted by atomic mass is 10.1. The number of aromatic nitrogens is 8. The molecule has 0 radical (unpaired) electrons. The second-order valence-electron chi connectivity index (χ2n) is 26.2. The van der Waals surface area contributed by atoms with Gasteiger partial charge >= 0.3 is 0 Å². The summed E-state index contributed by atoms with van der Waals surface area (Å²) in [6, 6.07) is 126. The van der Waals surface area contributed by atoms with Crippen LogP contribution in [0.25, 0.3) is 125 Å². The summed E-state index contributed by atoms with van der Waals surface area (Å²) >= 11 is 1.89. The summed E-state index contributed by atoms with van der Waals surface area (Å²) in [6.45, 7) is 0. The Labute approximate surface area is 597 Å². The molecule has 21 rings (SSSR count). The number of nitrogens with zero attached hydrogens (tertiary/aromatic N) is 8. The molecule has 0 aliphatic carbocycles. The van der Waals surface area contributed by atoms with Crippen molar-refractivity contribution in [1.29, 1.82) is 0 Å². The standard InChI is InChI=1S/C52H34N4SSi.C39H26N4OSi/c1-3-16-36(17-4-1)58(37-18-5-2-6-19-37,49-29-15-24-42-41-23-10-14-28-48(41)57-51(42)49)50-32-33-53-52(54-50)56-46-27-13-9-22-40(46)43-34-35(30-31-47(43)56)55-44-25-11-7-20-38(44)39-21-8-12-26-45(39)55;1-3-14-27(15-4-1)45(28-16-5-2-6-17-28,36-25-13-21-32-31-20-9-12-24-35(31)44-37(32)36)39-41-26-40-38(42-39)43-33-22-10-7-18-29(33)30-19-8-11-23-34(30)43/h1-34H;1-26H. The SMILES string of the molecule is c1ccc([Si](c2ccccc2)(c2ccnc(-n3c4ccccc4c4cc(-n5c6ccccc6c6ccccc65)ccc43)n2)c2cccc3c2sc2ccccc23)cc1.c1ccc([Si](c2ccccc2)(c2ncnc(-n3c4ccccc4c4ccccc43)n2)c2cccc3c2oc2ccccc23)cc1. The van der Waals surface area contributed by atoms with Crippen molar-refractivity contribution in [2.45, 2.75) is 0 Å². The Morgan fingerprint density at radius 3 is 1.28 bits per heavy atom. The Morgan fingerprint density at radius 2 is 0.718 bits per heavy atom. The third-order valence-corrected chi connectivity index (χ3v) is 31.4. The Hall–Kier alpha value is -13.0. The lowest BCUT2D eigenvalue weighted by Crippen LogP contribution is -2.76. The summed E-state index contributed by atoms with van der Waals surface area (Å²) in [7, 11) is -6.24. The van der Waals surface area contributed by atoms with Crippen LogP contribution in [0.3, 0.4) is 0 Å². The number of hydrogen-bond donors (Lipinski definition) is 0. The van der Waals surface area contributed by atoms with E-state index in [4.69, 9.17) is 29.3 Å². The topological polar surface area (TPSA) is 92.4 Å². The van der Waals surface area contributed by atoms with Crippen LogP contribution in [0.2, 0.25) is 0 Å². The number of para-hydroxylation sites is 7. The molecule has 103 heavy (non-hydrogen) atoms. The van der Waals surface area contributed by atoms with E-state index in [9.17, 15) is 0 Å². The van der Waals surface area contributed by atoms with Gasteiger partial charge in [0.25, 0.3) is 0 Å². The molecule has 0 N–H and O–H groups in total. The fraction of sp³-hybridized carbons (Fsp3) is 0. The maximum absolute atomic E-state index is 6.73. The van der Waals surface area contributed by atoms with Crippen molar-refractivity contribution >= 4 is 177 Å². The van der Waals surface area contributed by atoms with E-state index in [0.717, 1.165) is 81.8 Å². The molecular weight excluding hydrogens is 1310 g/mol. The van der Waals surface area contributed by atoms with Gasteiger partial charge in [0, 0.05) is 85.7 Å². The first-order valence-electron chi connectivity index (χ1n) is 34.7. The molecule has 0 aliphatic rings. The van der Waals surface area contributed by atoms with Gasteiger partial charge in [-0.25, -0.2) is 24.9 Å². The molecule has 7 aromatic heterocycles. The molecule has 0 spiro atoms. The van der Waals surface area contributed by atoms with Gasteiger partial charge in [0.15, 0.2) is 0 Å². The van der Waals surface area contributed by atoms with Crippen LogP contribution in [0.5, 0.6) is 0 Å². The van der Waals surface area contributed by atoms with Crippen LogP contribution in [0.1, 0.15) is 0 Å². The number of hydrogen-bond acceptors (Lipinski definition) is 7. The third kappa shape index (κ3) is 9.32. The second kappa shape index (κ2) is 24.4. The highest BCUT2D eigenvalue weighted by Crippen LogP contribution is 2.39. The number of furan rings is 1. The fourth-order valence-electron chi connectivity index (χ4n) is 16.5. The van der Waals surface area contributed by atoms with Crippen LogP contribution in [-0.4, -0.2) is 54.8 Å². The number of fused-ring (bicyclic) bond motifs is 15. The lowest BCUT2D eigenvalue weighted by molar-refractivity contribution is 0.671. The maximum atomic E-state index is 6.73. The highest BCUT2D eigenvalue weighted by Gasteiger charge is 2.48. The zero-order valence-electron chi connectivity index (χ0n) is 55.5. The molecule has 0 saturated carbocycles. The fourth-order valence-corrected chi connectivity index (χ4v) is 27.3. The number of benzene rings is 14. The summed E-state index contributed by atoms with van der Waals surface area (Å²) < 4.78 is 16.2. The van der Waals surface area contributed by atoms with E-state index in [1.54, 1.807) is 6.33 Å². The molecule has 0 unspecified atom stereocenters. The summed E-state index contributed by atoms with van der Waals surface area (Å²) in [5.74, 6) is 1.26. The normalized spacial score (nSPS) is 12.1. The van der Waals surface area contributed by atoms with E-state index in [1.807, 2.05) is 29.7 Å². The van der Waals surface area contributed by atoms with E-state index < -0.39 is 16.1 Å². The van der Waals surface area contributed by atoms with Crippen LogP contribution in [0, 0.1) is 0 Å². The van der Waals surface area contributed by atoms with E-state index in [2.05, 4.69) is 353 Å². The Balaban J connectivity index is 0.000000142. The minimum absolute atomic E-state index is 0.595. The molecule has 0 saturated heterocycles. The van der Waals surface area contributed by atoms with Crippen molar-refractivity contribution in [3.63, 3.8) is 0 Å². The van der Waals surface area contributed by atoms with Crippen LogP contribution in [-0.2, 0) is 0 Å². The van der Waals surface area contributed by atoms with Gasteiger partial charge in [-0.2, -0.15) is 0 Å². The van der Waals surface area contributed by atoms with Gasteiger partial charge in [0.2, 0.25) is 28.0 Å². The Bertz CT molecular complexity index is 6660. The lowest BCUT2D eigenvalue weighted by Gasteiger charge is -2.33. The summed E-state index contributed by atoms with van der Waals surface area (Å²) in [5, 5.41) is 20.3. The van der Waals surface area contributed by atoms with Gasteiger partial charge in [0.1, 0.15) is 22.9 Å². The number of thiophene rings is 1. The largest absolute Gasteiger partial charge is 0.456 e. The van der Waals surface area contributed by atoms with Crippen LogP contribution >= 0.6 is 11.3 Å². The maximum Gasteiger partial charge on any atom is 0.237 e. The van der Waals surface area contributed by atoms with Crippen molar-refractivity contribution < 1.29 is 4.42 Å². The van der Waals surface area contributed by atoms with Crippen molar-refractivity contribution in [2.24, 2.45) is 0 Å². The van der Waals surface area contributed by atoms with Gasteiger partial charge < -0.3 is 8.98 Å². The quantitative estimate of drug-likeness (QED) is 0.0946. The molecule has 9 nitrogen and oxygen atoms in total. The molecule has 12 heteroatoms. The average Bonchev–Trinajstić information content (AvgIpc) is 1.70. The molecule has 0 aliphatic heterocycles. The van der Waals surface area contributed by atoms with Crippen molar-refractivity contribution in [1.82, 2.24) is 38.6 Å². The van der Waals surface area contributed by atoms with Gasteiger partial charge in [-0.05, 0) is 92.7 Å². The highest BCUT2D eigenvalue weighted by molar-refractivity contribution is 7.30. The van der Waals surface area contributed by atoms with E-state index >= 15 is 0 Å². The van der Waals surface area contributed by atoms with Gasteiger partial charge in [0.05, 0.1) is 33.1 Å². The first-order chi connectivity index (χ1) is 51.1. The van der Waals surface area contributed by atoms with Crippen LogP contribution in [0.15, 0.2) is 369 Å². The minimum Gasteiger partial charge on any atom is -0.456 e. The molecule has 7 heterocycles. The third-order valence-electron chi connectivity index (χ3n) is 20.8. The predicted octanol–water partition coefficient (Wildman–Crippen LogP) is 16.7. The summed E-state index contributed by atoms with van der Waals surface area (Å²) in [5.41, 5.74) is 10.3. The van der Waals surface area contributed by atoms with Crippen molar-refractivity contribution in [3.05, 3.63) is 364 Å². The first-order valence-corrected chi connectivity index (χ1v) is 39.5. The van der Waals surface area contributed by atoms with E-state index in [-0.39, 0.29) is 0 Å².